The molecular weight excluding hydrogens is 206 g/mol. The highest BCUT2D eigenvalue weighted by atomic mass is 16.6. The highest BCUT2D eigenvalue weighted by Gasteiger charge is 2.30. The number of alkyl carbamates (subject to hydrolysis) is 1. The van der Waals surface area contributed by atoms with Gasteiger partial charge in [-0.15, -0.1) is 0 Å². The van der Waals surface area contributed by atoms with Crippen molar-refractivity contribution in [2.75, 3.05) is 0 Å². The molecule has 96 valence electrons. The number of hydrogen-bond acceptors (Lipinski definition) is 3. The van der Waals surface area contributed by atoms with Crippen LogP contribution >= 0.6 is 0 Å². The Morgan fingerprint density at radius 1 is 1.12 bits per heavy atom. The molecule has 0 atom stereocenters. The van der Waals surface area contributed by atoms with Gasteiger partial charge in [-0.05, 0) is 54.9 Å². The predicted octanol–water partition coefficient (Wildman–Crippen LogP) is 2.45. The van der Waals surface area contributed by atoms with Crippen molar-refractivity contribution >= 4 is 6.09 Å². The van der Waals surface area contributed by atoms with Crippen LogP contribution in [0.4, 0.5) is 4.79 Å². The highest BCUT2D eigenvalue weighted by molar-refractivity contribution is 5.68. The summed E-state index contributed by atoms with van der Waals surface area (Å²) in [5.74, 6) is 0. The third-order valence-corrected chi connectivity index (χ3v) is 1.71. The first-order valence-electron chi connectivity index (χ1n) is 5.54. The Bertz CT molecular complexity index is 246. The third-order valence-electron chi connectivity index (χ3n) is 1.71. The first kappa shape index (κ1) is 15.2. The molecule has 1 amide bonds. The van der Waals surface area contributed by atoms with E-state index in [1.165, 1.54) is 0 Å². The van der Waals surface area contributed by atoms with E-state index < -0.39 is 22.8 Å². The van der Waals surface area contributed by atoms with E-state index in [9.17, 15) is 9.90 Å². The van der Waals surface area contributed by atoms with Gasteiger partial charge in [-0.2, -0.15) is 0 Å². The molecular formula is C12H25NO3. The molecule has 0 saturated heterocycles. The average Bonchev–Trinajstić information content (AvgIpc) is 1.70. The van der Waals surface area contributed by atoms with E-state index in [2.05, 4.69) is 5.32 Å². The normalized spacial score (nSPS) is 13.5. The van der Waals surface area contributed by atoms with E-state index in [1.807, 2.05) is 34.6 Å². The summed E-state index contributed by atoms with van der Waals surface area (Å²) in [6.07, 6.45) is 0.000869. The molecule has 0 heterocycles. The minimum Gasteiger partial charge on any atom is -0.444 e. The molecule has 0 radical (unpaired) electrons. The molecule has 0 rings (SSSR count). The van der Waals surface area contributed by atoms with Gasteiger partial charge in [0.25, 0.3) is 0 Å². The van der Waals surface area contributed by atoms with Crippen LogP contribution in [0.5, 0.6) is 0 Å². The van der Waals surface area contributed by atoms with E-state index in [4.69, 9.17) is 4.74 Å². The summed E-state index contributed by atoms with van der Waals surface area (Å²) in [7, 11) is 0. The second-order valence-electron chi connectivity index (χ2n) is 6.50. The van der Waals surface area contributed by atoms with Crippen LogP contribution in [0, 0.1) is 0 Å². The third kappa shape index (κ3) is 8.53. The first-order valence-corrected chi connectivity index (χ1v) is 5.54. The number of carbonyl (C=O) groups excluding carboxylic acids is 1. The second-order valence-corrected chi connectivity index (χ2v) is 6.50. The van der Waals surface area contributed by atoms with Crippen LogP contribution in [-0.4, -0.2) is 27.9 Å². The van der Waals surface area contributed by atoms with Gasteiger partial charge in [-0.1, -0.05) is 0 Å². The summed E-state index contributed by atoms with van der Waals surface area (Å²) in [6.45, 7) is 12.6. The van der Waals surface area contributed by atoms with Gasteiger partial charge in [0.1, 0.15) is 5.60 Å². The standard InChI is InChI=1S/C12H25NO3/c1-10(2,3)16-9(14)13-11(4,5)8-12(6,7)15/h15H,8H2,1-7H3,(H,13,14). The summed E-state index contributed by atoms with van der Waals surface area (Å²) in [4.78, 5) is 11.5. The number of carbonyl (C=O) groups is 1. The summed E-state index contributed by atoms with van der Waals surface area (Å²) in [6, 6.07) is 0. The predicted molar refractivity (Wildman–Crippen MR) is 64.4 cm³/mol. The molecule has 0 aliphatic carbocycles. The lowest BCUT2D eigenvalue weighted by molar-refractivity contribution is 0.0274. The first-order chi connectivity index (χ1) is 6.81. The molecule has 2 N–H and O–H groups in total. The Morgan fingerprint density at radius 2 is 1.56 bits per heavy atom. The summed E-state index contributed by atoms with van der Waals surface area (Å²) in [5.41, 5.74) is -1.83. The van der Waals surface area contributed by atoms with Crippen LogP contribution in [0.1, 0.15) is 54.9 Å². The topological polar surface area (TPSA) is 58.6 Å². The zero-order valence-electron chi connectivity index (χ0n) is 11.5. The molecule has 0 fully saturated rings. The Kier molecular flexibility index (Phi) is 4.39. The molecule has 4 heteroatoms. The molecule has 0 saturated carbocycles. The molecule has 0 aliphatic rings. The van der Waals surface area contributed by atoms with Crippen molar-refractivity contribution < 1.29 is 14.6 Å². The Morgan fingerprint density at radius 3 is 1.88 bits per heavy atom. The molecule has 0 aromatic carbocycles. The van der Waals surface area contributed by atoms with Gasteiger partial charge in [0.15, 0.2) is 0 Å². The van der Waals surface area contributed by atoms with Crippen molar-refractivity contribution in [3.63, 3.8) is 0 Å². The summed E-state index contributed by atoms with van der Waals surface area (Å²) >= 11 is 0. The van der Waals surface area contributed by atoms with Crippen molar-refractivity contribution in [1.82, 2.24) is 5.32 Å². The molecule has 4 nitrogen and oxygen atoms in total. The second kappa shape index (κ2) is 4.62. The fourth-order valence-electron chi connectivity index (χ4n) is 1.71. The fourth-order valence-corrected chi connectivity index (χ4v) is 1.71. The maximum Gasteiger partial charge on any atom is 0.408 e. The van der Waals surface area contributed by atoms with E-state index in [-0.39, 0.29) is 0 Å². The van der Waals surface area contributed by atoms with Gasteiger partial charge in [-0.25, -0.2) is 4.79 Å². The van der Waals surface area contributed by atoms with Crippen molar-refractivity contribution in [2.45, 2.75) is 71.6 Å². The number of amides is 1. The number of rotatable bonds is 3. The minimum absolute atomic E-state index is 0.457. The van der Waals surface area contributed by atoms with Gasteiger partial charge in [-0.3, -0.25) is 0 Å². The largest absolute Gasteiger partial charge is 0.444 e. The van der Waals surface area contributed by atoms with Crippen LogP contribution < -0.4 is 5.32 Å². The van der Waals surface area contributed by atoms with E-state index >= 15 is 0 Å². The van der Waals surface area contributed by atoms with Crippen molar-refractivity contribution in [3.05, 3.63) is 0 Å². The van der Waals surface area contributed by atoms with Gasteiger partial charge in [0, 0.05) is 5.54 Å². The summed E-state index contributed by atoms with van der Waals surface area (Å²) < 4.78 is 5.16. The van der Waals surface area contributed by atoms with Gasteiger partial charge >= 0.3 is 6.09 Å². The molecule has 0 unspecified atom stereocenters. The van der Waals surface area contributed by atoms with Crippen LogP contribution in [0.15, 0.2) is 0 Å². The number of aliphatic hydroxyl groups is 1. The minimum atomic E-state index is -0.821. The zero-order valence-corrected chi connectivity index (χ0v) is 11.5. The maximum absolute atomic E-state index is 11.5. The van der Waals surface area contributed by atoms with Crippen molar-refractivity contribution in [3.8, 4) is 0 Å². The van der Waals surface area contributed by atoms with Gasteiger partial charge < -0.3 is 15.2 Å². The molecule has 0 aromatic rings. The lowest BCUT2D eigenvalue weighted by Gasteiger charge is -2.33. The zero-order chi connectivity index (χ0) is 13.2. The highest BCUT2D eigenvalue weighted by Crippen LogP contribution is 2.20. The SMILES string of the molecule is CC(C)(O)CC(C)(C)NC(=O)OC(C)(C)C. The quantitative estimate of drug-likeness (QED) is 0.784. The smallest absolute Gasteiger partial charge is 0.408 e. The monoisotopic (exact) mass is 231 g/mol. The van der Waals surface area contributed by atoms with E-state index in [0.717, 1.165) is 0 Å². The Balaban J connectivity index is 4.32. The molecule has 0 aromatic heterocycles. The van der Waals surface area contributed by atoms with Gasteiger partial charge in [0.05, 0.1) is 5.60 Å². The van der Waals surface area contributed by atoms with Crippen LogP contribution in [0.2, 0.25) is 0 Å². The Labute approximate surface area is 98.4 Å². The van der Waals surface area contributed by atoms with E-state index in [0.29, 0.717) is 6.42 Å². The average molecular weight is 231 g/mol. The number of ether oxygens (including phenoxy) is 1. The lowest BCUT2D eigenvalue weighted by atomic mass is 9.90. The Hall–Kier alpha value is -0.770. The van der Waals surface area contributed by atoms with Crippen LogP contribution in [0.25, 0.3) is 0 Å². The lowest BCUT2D eigenvalue weighted by Crippen LogP contribution is -2.49. The summed E-state index contributed by atoms with van der Waals surface area (Å²) in [5, 5.41) is 12.5. The molecule has 0 spiro atoms. The molecule has 0 bridgehead atoms. The number of hydrogen-bond donors (Lipinski definition) is 2. The molecule has 0 aliphatic heterocycles. The van der Waals surface area contributed by atoms with E-state index in [1.54, 1.807) is 13.8 Å². The molecule has 16 heavy (non-hydrogen) atoms. The van der Waals surface area contributed by atoms with Crippen molar-refractivity contribution in [1.29, 1.82) is 0 Å². The van der Waals surface area contributed by atoms with Crippen molar-refractivity contribution in [2.24, 2.45) is 0 Å². The maximum atomic E-state index is 11.5. The van der Waals surface area contributed by atoms with Gasteiger partial charge in [0.2, 0.25) is 0 Å². The van der Waals surface area contributed by atoms with Crippen LogP contribution in [-0.2, 0) is 4.74 Å². The number of nitrogens with one attached hydrogen (secondary N) is 1. The van der Waals surface area contributed by atoms with Crippen LogP contribution in [0.3, 0.4) is 0 Å². The fraction of sp³-hybridized carbons (Fsp3) is 0.917.